The van der Waals surface area contributed by atoms with Gasteiger partial charge in [0.25, 0.3) is 0 Å². The Labute approximate surface area is 162 Å². The van der Waals surface area contributed by atoms with Crippen LogP contribution < -0.4 is 9.47 Å². The number of aliphatic hydroxyl groups excluding tert-OH is 1. The summed E-state index contributed by atoms with van der Waals surface area (Å²) in [6, 6.07) is 5.62. The number of amides is 1. The summed E-state index contributed by atoms with van der Waals surface area (Å²) in [6.07, 6.45) is 4.12. The molecule has 2 heterocycles. The van der Waals surface area contributed by atoms with Gasteiger partial charge in [-0.05, 0) is 37.9 Å². The van der Waals surface area contributed by atoms with E-state index in [1.54, 1.807) is 14.2 Å². The minimum atomic E-state index is 0.0844. The summed E-state index contributed by atoms with van der Waals surface area (Å²) in [5, 5.41) is 9.81. The first-order chi connectivity index (χ1) is 13.2. The van der Waals surface area contributed by atoms with Crippen molar-refractivity contribution in [3.63, 3.8) is 0 Å². The fourth-order valence-corrected chi connectivity index (χ4v) is 4.40. The lowest BCUT2D eigenvalue weighted by Crippen LogP contribution is -2.37. The lowest BCUT2D eigenvalue weighted by molar-refractivity contribution is -0.129. The van der Waals surface area contributed by atoms with Crippen molar-refractivity contribution in [3.05, 3.63) is 23.8 Å². The molecule has 2 aliphatic heterocycles. The molecular formula is C21H32N2O4. The largest absolute Gasteiger partial charge is 0.493 e. The van der Waals surface area contributed by atoms with Crippen LogP contribution in [0.4, 0.5) is 0 Å². The van der Waals surface area contributed by atoms with Crippen LogP contribution in [0.2, 0.25) is 0 Å². The molecule has 0 spiro atoms. The highest BCUT2D eigenvalue weighted by molar-refractivity contribution is 5.80. The maximum absolute atomic E-state index is 12.9. The van der Waals surface area contributed by atoms with Crippen molar-refractivity contribution in [2.75, 3.05) is 53.6 Å². The predicted molar refractivity (Wildman–Crippen MR) is 104 cm³/mol. The molecule has 6 nitrogen and oxygen atoms in total. The Bertz CT molecular complexity index is 631. The van der Waals surface area contributed by atoms with Gasteiger partial charge in [-0.25, -0.2) is 0 Å². The number of carbonyl (C=O) groups is 1. The zero-order valence-electron chi connectivity index (χ0n) is 16.5. The Kier molecular flexibility index (Phi) is 6.96. The standard InChI is InChI=1S/C21H32N2O4/c1-26-19-8-6-7-16(21(19)27-2)11-20(25)23-13-17(18(14-23)15-24)12-22-9-4-3-5-10-22/h6-8,17-18,24H,3-5,9-15H2,1-2H3/t17-,18-/m1/s1. The summed E-state index contributed by atoms with van der Waals surface area (Å²) in [6.45, 7) is 4.78. The van der Waals surface area contributed by atoms with Gasteiger partial charge in [0, 0.05) is 37.7 Å². The van der Waals surface area contributed by atoms with Crippen LogP contribution in [0, 0.1) is 11.8 Å². The van der Waals surface area contributed by atoms with Crippen LogP contribution >= 0.6 is 0 Å². The number of nitrogens with zero attached hydrogens (tertiary/aromatic N) is 2. The fourth-order valence-electron chi connectivity index (χ4n) is 4.40. The molecule has 0 bridgehead atoms. The Hall–Kier alpha value is -1.79. The summed E-state index contributed by atoms with van der Waals surface area (Å²) in [5.74, 6) is 1.87. The minimum Gasteiger partial charge on any atom is -0.493 e. The smallest absolute Gasteiger partial charge is 0.227 e. The third kappa shape index (κ3) is 4.74. The van der Waals surface area contributed by atoms with Crippen molar-refractivity contribution in [1.29, 1.82) is 0 Å². The number of likely N-dealkylation sites (tertiary alicyclic amines) is 2. The van der Waals surface area contributed by atoms with Crippen LogP contribution in [0.1, 0.15) is 24.8 Å². The number of aliphatic hydroxyl groups is 1. The second-order valence-electron chi connectivity index (χ2n) is 7.69. The van der Waals surface area contributed by atoms with Crippen LogP contribution in [-0.2, 0) is 11.2 Å². The molecule has 3 rings (SSSR count). The summed E-state index contributed by atoms with van der Waals surface area (Å²) >= 11 is 0. The van der Waals surface area contributed by atoms with E-state index in [1.165, 1.54) is 19.3 Å². The van der Waals surface area contributed by atoms with Gasteiger partial charge in [0.1, 0.15) is 0 Å². The average molecular weight is 376 g/mol. The molecule has 2 atom stereocenters. The molecule has 27 heavy (non-hydrogen) atoms. The number of rotatable bonds is 7. The third-order valence-electron chi connectivity index (χ3n) is 5.93. The van der Waals surface area contributed by atoms with Gasteiger partial charge in [-0.1, -0.05) is 18.6 Å². The van der Waals surface area contributed by atoms with E-state index in [4.69, 9.17) is 9.47 Å². The maximum atomic E-state index is 12.9. The van der Waals surface area contributed by atoms with Crippen molar-refractivity contribution in [2.24, 2.45) is 11.8 Å². The highest BCUT2D eigenvalue weighted by Crippen LogP contribution is 2.32. The Morgan fingerprint density at radius 3 is 2.52 bits per heavy atom. The number of benzene rings is 1. The number of para-hydroxylation sites is 1. The fraction of sp³-hybridized carbons (Fsp3) is 0.667. The number of carbonyl (C=O) groups excluding carboxylic acids is 1. The van der Waals surface area contributed by atoms with Crippen molar-refractivity contribution in [2.45, 2.75) is 25.7 Å². The molecule has 2 aliphatic rings. The van der Waals surface area contributed by atoms with Gasteiger partial charge in [-0.3, -0.25) is 4.79 Å². The van der Waals surface area contributed by atoms with Gasteiger partial charge < -0.3 is 24.4 Å². The molecule has 1 N–H and O–H groups in total. The molecule has 0 aromatic heterocycles. The van der Waals surface area contributed by atoms with E-state index in [0.29, 0.717) is 24.0 Å². The first-order valence-corrected chi connectivity index (χ1v) is 9.97. The lowest BCUT2D eigenvalue weighted by Gasteiger charge is -2.30. The third-order valence-corrected chi connectivity index (χ3v) is 5.93. The van der Waals surface area contributed by atoms with E-state index in [0.717, 1.165) is 31.7 Å². The highest BCUT2D eigenvalue weighted by atomic mass is 16.5. The van der Waals surface area contributed by atoms with E-state index in [9.17, 15) is 9.90 Å². The van der Waals surface area contributed by atoms with E-state index < -0.39 is 0 Å². The molecule has 1 amide bonds. The van der Waals surface area contributed by atoms with E-state index in [1.807, 2.05) is 23.1 Å². The second-order valence-corrected chi connectivity index (χ2v) is 7.69. The molecule has 1 aromatic carbocycles. The maximum Gasteiger partial charge on any atom is 0.227 e. The van der Waals surface area contributed by atoms with Crippen molar-refractivity contribution < 1.29 is 19.4 Å². The van der Waals surface area contributed by atoms with Crippen molar-refractivity contribution in [1.82, 2.24) is 9.80 Å². The van der Waals surface area contributed by atoms with Crippen LogP contribution in [-0.4, -0.2) is 74.4 Å². The SMILES string of the molecule is COc1cccc(CC(=O)N2C[C@@H](CN3CCCCC3)[C@@H](CO)C2)c1OC. The van der Waals surface area contributed by atoms with Crippen LogP contribution in [0.25, 0.3) is 0 Å². The normalized spacial score (nSPS) is 23.4. The Morgan fingerprint density at radius 2 is 1.85 bits per heavy atom. The second kappa shape index (κ2) is 9.42. The molecule has 150 valence electrons. The number of methoxy groups -OCH3 is 2. The van der Waals surface area contributed by atoms with Gasteiger partial charge >= 0.3 is 0 Å². The topological polar surface area (TPSA) is 62.2 Å². The zero-order chi connectivity index (χ0) is 19.2. The molecule has 0 radical (unpaired) electrons. The first kappa shape index (κ1) is 20.0. The van der Waals surface area contributed by atoms with Gasteiger partial charge in [-0.15, -0.1) is 0 Å². The van der Waals surface area contributed by atoms with Gasteiger partial charge in [0.2, 0.25) is 5.91 Å². The van der Waals surface area contributed by atoms with Crippen LogP contribution in [0.5, 0.6) is 11.5 Å². The molecule has 0 saturated carbocycles. The lowest BCUT2D eigenvalue weighted by atomic mass is 9.95. The van der Waals surface area contributed by atoms with Gasteiger partial charge in [0.05, 0.1) is 20.6 Å². The summed E-state index contributed by atoms with van der Waals surface area (Å²) < 4.78 is 10.8. The summed E-state index contributed by atoms with van der Waals surface area (Å²) in [4.78, 5) is 17.3. The molecule has 2 saturated heterocycles. The monoisotopic (exact) mass is 376 g/mol. The van der Waals surface area contributed by atoms with Crippen molar-refractivity contribution in [3.8, 4) is 11.5 Å². The van der Waals surface area contributed by atoms with E-state index >= 15 is 0 Å². The predicted octanol–water partition coefficient (Wildman–Crippen LogP) is 1.80. The molecule has 1 aromatic rings. The summed E-state index contributed by atoms with van der Waals surface area (Å²) in [7, 11) is 3.19. The number of hydrogen-bond acceptors (Lipinski definition) is 5. The molecule has 0 aliphatic carbocycles. The molecule has 0 unspecified atom stereocenters. The van der Waals surface area contributed by atoms with E-state index in [2.05, 4.69) is 4.90 Å². The van der Waals surface area contributed by atoms with Crippen molar-refractivity contribution >= 4 is 5.91 Å². The number of piperidine rings is 1. The van der Waals surface area contributed by atoms with Gasteiger partial charge in [0.15, 0.2) is 11.5 Å². The highest BCUT2D eigenvalue weighted by Gasteiger charge is 2.36. The Morgan fingerprint density at radius 1 is 1.11 bits per heavy atom. The minimum absolute atomic E-state index is 0.0844. The van der Waals surface area contributed by atoms with Gasteiger partial charge in [-0.2, -0.15) is 0 Å². The Balaban J connectivity index is 1.63. The van der Waals surface area contributed by atoms with Crippen LogP contribution in [0.3, 0.4) is 0 Å². The first-order valence-electron chi connectivity index (χ1n) is 9.97. The summed E-state index contributed by atoms with van der Waals surface area (Å²) in [5.41, 5.74) is 0.835. The average Bonchev–Trinajstić information content (AvgIpc) is 3.11. The number of ether oxygens (including phenoxy) is 2. The number of hydrogen-bond donors (Lipinski definition) is 1. The van der Waals surface area contributed by atoms with Crippen LogP contribution in [0.15, 0.2) is 18.2 Å². The van der Waals surface area contributed by atoms with E-state index in [-0.39, 0.29) is 24.9 Å². The molecule has 2 fully saturated rings. The molecule has 6 heteroatoms. The quantitative estimate of drug-likeness (QED) is 0.786. The zero-order valence-corrected chi connectivity index (χ0v) is 16.5. The molecular weight excluding hydrogens is 344 g/mol.